The summed E-state index contributed by atoms with van der Waals surface area (Å²) in [5.74, 6) is -16.8. The first kappa shape index (κ1) is 94.7. The Balaban J connectivity index is 1.14. The van der Waals surface area contributed by atoms with E-state index in [0.29, 0.717) is 11.1 Å². The second kappa shape index (κ2) is 44.7. The molecule has 5 aromatic carbocycles. The highest BCUT2D eigenvalue weighted by Crippen LogP contribution is 2.46. The van der Waals surface area contributed by atoms with Gasteiger partial charge in [-0.25, -0.2) is 9.59 Å². The van der Waals surface area contributed by atoms with Crippen molar-refractivity contribution < 1.29 is 153 Å². The summed E-state index contributed by atoms with van der Waals surface area (Å²) in [6.07, 6.45) is -32.9. The third kappa shape index (κ3) is 26.7. The zero-order valence-corrected chi connectivity index (χ0v) is 71.3. The van der Waals surface area contributed by atoms with Gasteiger partial charge in [0.05, 0.1) is 78.3 Å². The van der Waals surface area contributed by atoms with Crippen LogP contribution >= 0.6 is 0 Å². The molecule has 0 bridgehead atoms. The van der Waals surface area contributed by atoms with E-state index < -0.39 is 234 Å². The Bertz CT molecular complexity index is 4250. The Kier molecular flexibility index (Phi) is 34.7. The number of benzene rings is 5. The van der Waals surface area contributed by atoms with Gasteiger partial charge in [-0.1, -0.05) is 171 Å². The molecule has 10 rings (SSSR count). The number of carbonyl (C=O) groups excluding carboxylic acids is 10. The lowest BCUT2D eigenvalue weighted by Crippen LogP contribution is -2.74. The van der Waals surface area contributed by atoms with Gasteiger partial charge in [0, 0.05) is 70.1 Å². The van der Waals surface area contributed by atoms with Crippen molar-refractivity contribution in [3.05, 3.63) is 179 Å². The van der Waals surface area contributed by atoms with Gasteiger partial charge in [-0.3, -0.25) is 38.4 Å². The van der Waals surface area contributed by atoms with Crippen LogP contribution in [0.3, 0.4) is 0 Å². The SMILES string of the molecule is COC(=O)[C@@]1(O[C@H]2[C@@H](O)[C@@H](COCc3ccccc3)O[C@@H](O[C@H]3[C@H](OCc4ccccc4)[C@@H](OCc4ccccc4)[C@H](OCC[Si](C)(C)C)O[C@@H]3COCc3ccccc3)[C@@H]2OCc2ccccc2)C[C@H](OC(C)=O)[C@@H](NC(C)=O)[C@H]([C@H](OC(C)=O)[C@H]2COC(=O)[C@]3(C[C@H](OC(C)=O)[C@@H](NC(C)=O)[C@H]([C@H](OC(C)=O)[C@@H](COC(C)=O)OC(C)=O)O3)O2)O1. The molecule has 0 unspecified atom stereocenters. The molecule has 35 heteroatoms. The fourth-order valence-corrected chi connectivity index (χ4v) is 15.7. The van der Waals surface area contributed by atoms with Crippen molar-refractivity contribution in [2.75, 3.05) is 40.1 Å². The number of esters is 8. The molecule has 1 spiro atoms. The summed E-state index contributed by atoms with van der Waals surface area (Å²) in [5.41, 5.74) is 3.64. The summed E-state index contributed by atoms with van der Waals surface area (Å²) in [6, 6.07) is 43.4. The van der Waals surface area contributed by atoms with E-state index in [0.717, 1.165) is 85.2 Å². The molecule has 0 aliphatic carbocycles. The molecule has 5 aromatic rings. The molecule has 34 nitrogen and oxygen atoms in total. The molecular weight excluding hydrogens is 1610 g/mol. The van der Waals surface area contributed by atoms with Gasteiger partial charge in [0.2, 0.25) is 11.8 Å². The molecular formula is C87H110N2O32Si. The standard InChI is InChI=1S/C87H110N2O32Si/c1-51(90)88-70-65(111-55(5)94)41-87(120-76(70)73(113-57(7)96)68(112-56(6)95)49-105-53(3)92)85(100)109-50-69(118-87)75(114-58(8)97)77-71(89-52(2)91)64(110-54(4)93)40-86(119-77,84(99)101-9)121-78-72(98)66(47-102-42-59-28-18-13-19-29-59)115-83(80(78)107-45-62-34-24-16-25-35-62)117-74-67(48-103-43-60-30-20-14-21-31-60)116-82(104-38-39-122(10,11)12)81(108-46-63-36-26-17-27-37-63)79(74)106-44-61-32-22-15-23-33-61/h13-37,64-83,98H,38-50H2,1-12H3,(H,88,90)(H,89,91)/t64-,65-,66+,67+,68+,69+,70+,71+,72-,73+,74+,75+,76+,77+,78-,79-,80+,81+,82+,83-,86-,87+/m0/s1. The van der Waals surface area contributed by atoms with Gasteiger partial charge < -0.3 is 115 Å². The average Bonchev–Trinajstić information content (AvgIpc) is 0.734. The maximum atomic E-state index is 15.9. The number of amides is 2. The third-order valence-corrected chi connectivity index (χ3v) is 22.1. The van der Waals surface area contributed by atoms with Crippen molar-refractivity contribution in [1.82, 2.24) is 10.6 Å². The molecule has 0 aromatic heterocycles. The quantitative estimate of drug-likeness (QED) is 0.0217. The van der Waals surface area contributed by atoms with Crippen molar-refractivity contribution in [1.29, 1.82) is 0 Å². The molecule has 5 aliphatic heterocycles. The van der Waals surface area contributed by atoms with Gasteiger partial charge in [0.25, 0.3) is 11.6 Å². The first-order chi connectivity index (χ1) is 58.3. The Morgan fingerprint density at radius 3 is 1.43 bits per heavy atom. The molecule has 5 heterocycles. The van der Waals surface area contributed by atoms with E-state index in [1.165, 1.54) is 0 Å². The number of rotatable bonds is 39. The number of aliphatic hydroxyl groups excluding tert-OH is 1. The number of carbonyl (C=O) groups is 10. The minimum absolute atomic E-state index is 0.0231. The van der Waals surface area contributed by atoms with Gasteiger partial charge in [0.1, 0.15) is 92.6 Å². The van der Waals surface area contributed by atoms with Crippen LogP contribution in [-0.4, -0.2) is 247 Å². The summed E-state index contributed by atoms with van der Waals surface area (Å²) >= 11 is 0. The summed E-state index contributed by atoms with van der Waals surface area (Å²) in [6.45, 7) is 12.2. The van der Waals surface area contributed by atoms with E-state index in [1.807, 2.05) is 121 Å². The highest BCUT2D eigenvalue weighted by molar-refractivity contribution is 6.76. The first-order valence-corrected chi connectivity index (χ1v) is 44.0. The van der Waals surface area contributed by atoms with Crippen LogP contribution in [0.2, 0.25) is 25.7 Å². The maximum absolute atomic E-state index is 15.9. The number of methoxy groups -OCH3 is 1. The lowest BCUT2D eigenvalue weighted by Gasteiger charge is -2.54. The minimum Gasteiger partial charge on any atom is -0.465 e. The van der Waals surface area contributed by atoms with Crippen LogP contribution < -0.4 is 10.6 Å². The second-order valence-electron chi connectivity index (χ2n) is 31.4. The largest absolute Gasteiger partial charge is 0.465 e. The monoisotopic (exact) mass is 1720 g/mol. The lowest BCUT2D eigenvalue weighted by molar-refractivity contribution is -0.397. The summed E-state index contributed by atoms with van der Waals surface area (Å²) in [7, 11) is -0.829. The van der Waals surface area contributed by atoms with Crippen LogP contribution in [0.25, 0.3) is 0 Å². The number of nitrogens with one attached hydrogen (secondary N) is 2. The number of aliphatic hydroxyl groups is 1. The minimum atomic E-state index is -3.10. The zero-order chi connectivity index (χ0) is 87.8. The maximum Gasteiger partial charge on any atom is 0.367 e. The number of cyclic esters (lactones) is 1. The van der Waals surface area contributed by atoms with Crippen molar-refractivity contribution >= 4 is 67.6 Å². The van der Waals surface area contributed by atoms with E-state index >= 15 is 9.59 Å². The van der Waals surface area contributed by atoms with Gasteiger partial charge in [-0.2, -0.15) is 0 Å². The molecule has 5 fully saturated rings. The predicted octanol–water partition coefficient (Wildman–Crippen LogP) is 6.43. The number of hydrogen-bond donors (Lipinski definition) is 3. The fraction of sp³-hybridized carbons (Fsp3) is 0.540. The van der Waals surface area contributed by atoms with Crippen molar-refractivity contribution in [3.63, 3.8) is 0 Å². The molecule has 0 radical (unpaired) electrons. The van der Waals surface area contributed by atoms with Crippen molar-refractivity contribution in [3.8, 4) is 0 Å². The molecule has 122 heavy (non-hydrogen) atoms. The normalized spacial score (nSPS) is 28.5. The van der Waals surface area contributed by atoms with Crippen LogP contribution in [0.4, 0.5) is 0 Å². The molecule has 2 amide bonds. The third-order valence-electron chi connectivity index (χ3n) is 20.4. The summed E-state index contributed by atoms with van der Waals surface area (Å²) < 4.78 is 137. The van der Waals surface area contributed by atoms with Crippen molar-refractivity contribution in [2.24, 2.45) is 0 Å². The molecule has 5 aliphatic rings. The van der Waals surface area contributed by atoms with E-state index in [-0.39, 0.29) is 46.2 Å². The van der Waals surface area contributed by atoms with E-state index in [1.54, 1.807) is 30.3 Å². The summed E-state index contributed by atoms with van der Waals surface area (Å²) in [4.78, 5) is 138. The highest BCUT2D eigenvalue weighted by Gasteiger charge is 2.67. The molecule has 664 valence electrons. The van der Waals surface area contributed by atoms with Crippen LogP contribution in [0.5, 0.6) is 0 Å². The van der Waals surface area contributed by atoms with Gasteiger partial charge in [-0.15, -0.1) is 0 Å². The molecule has 22 atom stereocenters. The van der Waals surface area contributed by atoms with Gasteiger partial charge in [0.15, 0.2) is 30.9 Å². The zero-order valence-electron chi connectivity index (χ0n) is 70.3. The molecule has 3 N–H and O–H groups in total. The molecule has 0 saturated carbocycles. The number of hydrogen-bond acceptors (Lipinski definition) is 32. The van der Waals surface area contributed by atoms with Crippen LogP contribution in [-0.2, 0) is 180 Å². The van der Waals surface area contributed by atoms with E-state index in [4.69, 9.17) is 99.5 Å². The van der Waals surface area contributed by atoms with E-state index in [2.05, 4.69) is 30.3 Å². The van der Waals surface area contributed by atoms with E-state index in [9.17, 15) is 43.5 Å². The predicted molar refractivity (Wildman–Crippen MR) is 426 cm³/mol. The number of ether oxygens (including phenoxy) is 21. The average molecular weight is 1720 g/mol. The lowest BCUT2D eigenvalue weighted by atomic mass is 9.86. The molecule has 5 saturated heterocycles. The summed E-state index contributed by atoms with van der Waals surface area (Å²) in [5, 5.41) is 18.9. The van der Waals surface area contributed by atoms with Crippen LogP contribution in [0.15, 0.2) is 152 Å². The Hall–Kier alpha value is -9.54. The van der Waals surface area contributed by atoms with Gasteiger partial charge in [-0.05, 0) is 33.9 Å². The second-order valence-corrected chi connectivity index (χ2v) is 37.0. The van der Waals surface area contributed by atoms with Gasteiger partial charge >= 0.3 is 47.8 Å². The topological polar surface area (TPSA) is 409 Å². The van der Waals surface area contributed by atoms with Crippen LogP contribution in [0, 0.1) is 0 Å². The first-order valence-electron chi connectivity index (χ1n) is 40.3. The Labute approximate surface area is 708 Å². The van der Waals surface area contributed by atoms with Crippen molar-refractivity contribution in [2.45, 2.75) is 261 Å². The fourth-order valence-electron chi connectivity index (χ4n) is 15.0. The Morgan fingerprint density at radius 1 is 0.500 bits per heavy atom. The van der Waals surface area contributed by atoms with Crippen LogP contribution in [0.1, 0.15) is 96.0 Å². The smallest absolute Gasteiger partial charge is 0.367 e. The highest BCUT2D eigenvalue weighted by atomic mass is 28.3. The Morgan fingerprint density at radius 2 is 0.959 bits per heavy atom.